The van der Waals surface area contributed by atoms with E-state index in [2.05, 4.69) is 19.2 Å². The zero-order valence-electron chi connectivity index (χ0n) is 11.7. The molecule has 0 bridgehead atoms. The van der Waals surface area contributed by atoms with Gasteiger partial charge in [0, 0.05) is 32.0 Å². The van der Waals surface area contributed by atoms with Crippen LogP contribution in [0.5, 0.6) is 0 Å². The molecule has 2 fully saturated rings. The third-order valence-electron chi connectivity index (χ3n) is 3.69. The second kappa shape index (κ2) is 6.85. The topological polar surface area (TPSA) is 39.7 Å². The van der Waals surface area contributed by atoms with Gasteiger partial charge < -0.3 is 19.5 Å². The molecule has 18 heavy (non-hydrogen) atoms. The average molecular weight is 257 g/mol. The highest BCUT2D eigenvalue weighted by Crippen LogP contribution is 2.35. The molecule has 2 rings (SSSR count). The van der Waals surface area contributed by atoms with Gasteiger partial charge in [-0.05, 0) is 18.8 Å². The van der Waals surface area contributed by atoms with Gasteiger partial charge in [0.1, 0.15) is 0 Å². The Hall–Kier alpha value is -0.160. The Balaban J connectivity index is 1.54. The second-order valence-corrected chi connectivity index (χ2v) is 5.80. The van der Waals surface area contributed by atoms with Crippen molar-refractivity contribution >= 4 is 0 Å². The summed E-state index contributed by atoms with van der Waals surface area (Å²) >= 11 is 0. The van der Waals surface area contributed by atoms with Gasteiger partial charge in [-0.15, -0.1) is 0 Å². The third kappa shape index (κ3) is 4.19. The average Bonchev–Trinajstić information content (AvgIpc) is 2.80. The molecule has 0 aromatic rings. The van der Waals surface area contributed by atoms with Crippen LogP contribution in [0.25, 0.3) is 0 Å². The molecule has 0 atom stereocenters. The van der Waals surface area contributed by atoms with E-state index < -0.39 is 0 Å². The fraction of sp³-hybridized carbons (Fsp3) is 1.00. The Labute approximate surface area is 110 Å². The summed E-state index contributed by atoms with van der Waals surface area (Å²) in [4.78, 5) is 0. The van der Waals surface area contributed by atoms with Crippen molar-refractivity contribution in [3.8, 4) is 0 Å². The highest BCUT2D eigenvalue weighted by molar-refractivity contribution is 4.85. The van der Waals surface area contributed by atoms with E-state index in [1.165, 1.54) is 0 Å². The fourth-order valence-corrected chi connectivity index (χ4v) is 2.70. The first-order chi connectivity index (χ1) is 8.70. The van der Waals surface area contributed by atoms with Crippen LogP contribution in [0.15, 0.2) is 0 Å². The molecule has 1 aliphatic heterocycles. The lowest BCUT2D eigenvalue weighted by molar-refractivity contribution is -0.179. The minimum Gasteiger partial charge on any atom is -0.380 e. The van der Waals surface area contributed by atoms with Crippen LogP contribution in [0, 0.1) is 5.92 Å². The van der Waals surface area contributed by atoms with E-state index >= 15 is 0 Å². The molecule has 0 unspecified atom stereocenters. The second-order valence-electron chi connectivity index (χ2n) is 5.80. The quantitative estimate of drug-likeness (QED) is 0.738. The molecule has 2 aliphatic rings. The molecule has 106 valence electrons. The summed E-state index contributed by atoms with van der Waals surface area (Å²) in [5, 5.41) is 3.57. The Morgan fingerprint density at radius 1 is 1.22 bits per heavy atom. The van der Waals surface area contributed by atoms with Gasteiger partial charge in [0.25, 0.3) is 0 Å². The van der Waals surface area contributed by atoms with Crippen molar-refractivity contribution < 1.29 is 14.2 Å². The molecule has 0 aromatic heterocycles. The van der Waals surface area contributed by atoms with E-state index in [0.29, 0.717) is 12.0 Å². The molecule has 0 radical (unpaired) electrons. The largest absolute Gasteiger partial charge is 0.380 e. The smallest absolute Gasteiger partial charge is 0.168 e. The molecule has 1 N–H and O–H groups in total. The van der Waals surface area contributed by atoms with Gasteiger partial charge in [-0.1, -0.05) is 13.8 Å². The van der Waals surface area contributed by atoms with Crippen LogP contribution in [0.4, 0.5) is 0 Å². The maximum absolute atomic E-state index is 5.72. The zero-order chi connectivity index (χ0) is 12.8. The van der Waals surface area contributed by atoms with Gasteiger partial charge >= 0.3 is 0 Å². The van der Waals surface area contributed by atoms with Crippen LogP contribution in [0.2, 0.25) is 0 Å². The highest BCUT2D eigenvalue weighted by atomic mass is 16.7. The van der Waals surface area contributed by atoms with Crippen molar-refractivity contribution in [2.75, 3.05) is 33.0 Å². The molecule has 1 saturated heterocycles. The lowest BCUT2D eigenvalue weighted by Crippen LogP contribution is -2.42. The Kier molecular flexibility index (Phi) is 5.42. The van der Waals surface area contributed by atoms with Gasteiger partial charge in [0.05, 0.1) is 19.8 Å². The van der Waals surface area contributed by atoms with Gasteiger partial charge in [-0.2, -0.15) is 0 Å². The van der Waals surface area contributed by atoms with E-state index in [1.54, 1.807) is 0 Å². The fourth-order valence-electron chi connectivity index (χ4n) is 2.70. The van der Waals surface area contributed by atoms with Crippen molar-refractivity contribution in [3.05, 3.63) is 0 Å². The van der Waals surface area contributed by atoms with Crippen LogP contribution in [0.1, 0.15) is 39.5 Å². The summed E-state index contributed by atoms with van der Waals surface area (Å²) in [5.74, 6) is 0.392. The molecule has 4 nitrogen and oxygen atoms in total. The minimum absolute atomic E-state index is 0.230. The van der Waals surface area contributed by atoms with E-state index in [1.807, 2.05) is 0 Å². The van der Waals surface area contributed by atoms with Crippen molar-refractivity contribution in [2.24, 2.45) is 5.92 Å². The first-order valence-corrected chi connectivity index (χ1v) is 7.29. The minimum atomic E-state index is -0.230. The summed E-state index contributed by atoms with van der Waals surface area (Å²) in [6, 6.07) is 0.603. The summed E-state index contributed by atoms with van der Waals surface area (Å²) in [6.45, 7) is 8.50. The number of hydrogen-bond donors (Lipinski definition) is 1. The molecular weight excluding hydrogens is 230 g/mol. The monoisotopic (exact) mass is 257 g/mol. The first kappa shape index (κ1) is 14.3. The molecule has 1 aliphatic carbocycles. The highest BCUT2D eigenvalue weighted by Gasteiger charge is 2.39. The van der Waals surface area contributed by atoms with Gasteiger partial charge in [0.15, 0.2) is 5.79 Å². The van der Waals surface area contributed by atoms with Gasteiger partial charge in [-0.3, -0.25) is 0 Å². The summed E-state index contributed by atoms with van der Waals surface area (Å²) < 4.78 is 17.0. The zero-order valence-corrected chi connectivity index (χ0v) is 11.7. The molecular formula is C14H27NO3. The normalized spacial score (nSPS) is 24.2. The van der Waals surface area contributed by atoms with Crippen LogP contribution >= 0.6 is 0 Å². The Morgan fingerprint density at radius 3 is 2.50 bits per heavy atom. The number of hydrogen-bond acceptors (Lipinski definition) is 4. The number of ether oxygens (including phenoxy) is 3. The standard InChI is InChI=1S/C14H27NO3/c1-12(2)11-16-8-7-15-13-3-5-14(6-4-13)17-9-10-18-14/h12-13,15H,3-11H2,1-2H3. The van der Waals surface area contributed by atoms with E-state index in [0.717, 1.165) is 58.7 Å². The van der Waals surface area contributed by atoms with E-state index in [4.69, 9.17) is 14.2 Å². The third-order valence-corrected chi connectivity index (χ3v) is 3.69. The summed E-state index contributed by atoms with van der Waals surface area (Å²) in [6.07, 6.45) is 4.34. The maximum Gasteiger partial charge on any atom is 0.168 e. The van der Waals surface area contributed by atoms with Crippen molar-refractivity contribution in [3.63, 3.8) is 0 Å². The SMILES string of the molecule is CC(C)COCCNC1CCC2(CC1)OCCO2. The number of rotatable bonds is 6. The first-order valence-electron chi connectivity index (χ1n) is 7.29. The number of nitrogens with one attached hydrogen (secondary N) is 1. The molecule has 0 amide bonds. The van der Waals surface area contributed by atoms with Gasteiger partial charge in [-0.25, -0.2) is 0 Å². The molecule has 4 heteroatoms. The lowest BCUT2D eigenvalue weighted by Gasteiger charge is -2.35. The van der Waals surface area contributed by atoms with Crippen LogP contribution in [-0.4, -0.2) is 44.8 Å². The van der Waals surface area contributed by atoms with Crippen LogP contribution < -0.4 is 5.32 Å². The van der Waals surface area contributed by atoms with E-state index in [-0.39, 0.29) is 5.79 Å². The maximum atomic E-state index is 5.72. The summed E-state index contributed by atoms with van der Waals surface area (Å²) in [7, 11) is 0. The van der Waals surface area contributed by atoms with Gasteiger partial charge in [0.2, 0.25) is 0 Å². The van der Waals surface area contributed by atoms with Crippen molar-refractivity contribution in [2.45, 2.75) is 51.4 Å². The van der Waals surface area contributed by atoms with Crippen molar-refractivity contribution in [1.29, 1.82) is 0 Å². The lowest BCUT2D eigenvalue weighted by atomic mass is 9.90. The van der Waals surface area contributed by atoms with Crippen LogP contribution in [0.3, 0.4) is 0 Å². The Morgan fingerprint density at radius 2 is 1.89 bits per heavy atom. The molecule has 1 spiro atoms. The van der Waals surface area contributed by atoms with Crippen LogP contribution in [-0.2, 0) is 14.2 Å². The Bertz CT molecular complexity index is 229. The van der Waals surface area contributed by atoms with Crippen molar-refractivity contribution in [1.82, 2.24) is 5.32 Å². The summed E-state index contributed by atoms with van der Waals surface area (Å²) in [5.41, 5.74) is 0. The molecule has 0 aromatic carbocycles. The molecule has 1 heterocycles. The predicted octanol–water partition coefficient (Wildman–Crippen LogP) is 1.93. The predicted molar refractivity (Wildman–Crippen MR) is 70.6 cm³/mol. The molecule has 1 saturated carbocycles. The van der Waals surface area contributed by atoms with E-state index in [9.17, 15) is 0 Å².